The van der Waals surface area contributed by atoms with Crippen molar-refractivity contribution in [3.8, 4) is 6.07 Å². The maximum atomic E-state index is 13.6. The predicted octanol–water partition coefficient (Wildman–Crippen LogP) is 3.86. The maximum absolute atomic E-state index is 13.6. The average Bonchev–Trinajstić information content (AvgIpc) is 3.03. The lowest BCUT2D eigenvalue weighted by atomic mass is 9.66. The van der Waals surface area contributed by atoms with Crippen molar-refractivity contribution < 1.29 is 19.1 Å². The summed E-state index contributed by atoms with van der Waals surface area (Å²) >= 11 is 1.08. The lowest BCUT2D eigenvalue weighted by Gasteiger charge is -2.34. The molecule has 28 heavy (non-hydrogen) atoms. The number of amides is 1. The van der Waals surface area contributed by atoms with Crippen molar-refractivity contribution >= 4 is 34.0 Å². The van der Waals surface area contributed by atoms with E-state index in [1.807, 2.05) is 30.3 Å². The van der Waals surface area contributed by atoms with Crippen LogP contribution in [0.1, 0.15) is 57.8 Å². The Morgan fingerprint density at radius 3 is 2.64 bits per heavy atom. The van der Waals surface area contributed by atoms with Gasteiger partial charge in [-0.2, -0.15) is 5.26 Å². The van der Waals surface area contributed by atoms with Crippen LogP contribution in [-0.4, -0.2) is 24.3 Å². The summed E-state index contributed by atoms with van der Waals surface area (Å²) in [5.74, 6) is -1.07. The van der Waals surface area contributed by atoms with E-state index < -0.39 is 11.4 Å². The average molecular weight is 396 g/mol. The van der Waals surface area contributed by atoms with E-state index in [9.17, 15) is 19.6 Å². The number of Topliss-reactive ketones (excluding diaryl/α,β-unsaturated/α-hetero) is 1. The first kappa shape index (κ1) is 19.8. The van der Waals surface area contributed by atoms with Crippen molar-refractivity contribution in [3.63, 3.8) is 0 Å². The molecule has 2 aromatic rings. The predicted molar refractivity (Wildman–Crippen MR) is 106 cm³/mol. The van der Waals surface area contributed by atoms with Crippen molar-refractivity contribution in [2.75, 3.05) is 11.9 Å². The number of nitrogens with one attached hydrogen (secondary N) is 1. The molecule has 1 N–H and O–H groups in total. The SMILES string of the molecule is CCOC(=O)c1c(NC(C)=O)sc2c1CCC(CC#N)(c1ccccc1)C2=O. The highest BCUT2D eigenvalue weighted by molar-refractivity contribution is 7.19. The van der Waals surface area contributed by atoms with Gasteiger partial charge in [-0.25, -0.2) is 4.79 Å². The van der Waals surface area contributed by atoms with Crippen molar-refractivity contribution in [2.45, 2.75) is 38.5 Å². The topological polar surface area (TPSA) is 96.3 Å². The summed E-state index contributed by atoms with van der Waals surface area (Å²) in [4.78, 5) is 38.1. The number of thiophene rings is 1. The Kier molecular flexibility index (Phi) is 5.61. The highest BCUT2D eigenvalue weighted by Crippen LogP contribution is 2.47. The summed E-state index contributed by atoms with van der Waals surface area (Å²) in [5.41, 5.74) is 0.692. The number of ether oxygens (including phenoxy) is 1. The lowest BCUT2D eigenvalue weighted by molar-refractivity contribution is -0.114. The zero-order chi connectivity index (χ0) is 20.3. The van der Waals surface area contributed by atoms with Crippen LogP contribution in [0.5, 0.6) is 0 Å². The Morgan fingerprint density at radius 2 is 2.04 bits per heavy atom. The summed E-state index contributed by atoms with van der Waals surface area (Å²) in [6.07, 6.45) is 0.915. The molecule has 1 aromatic heterocycles. The normalized spacial score (nSPS) is 18.1. The zero-order valence-corrected chi connectivity index (χ0v) is 16.5. The van der Waals surface area contributed by atoms with E-state index in [0.717, 1.165) is 16.9 Å². The molecule has 1 atom stereocenters. The molecule has 0 saturated carbocycles. The summed E-state index contributed by atoms with van der Waals surface area (Å²) in [5, 5.41) is 12.4. The molecular weight excluding hydrogens is 376 g/mol. The van der Waals surface area contributed by atoms with Crippen molar-refractivity contribution in [1.82, 2.24) is 0 Å². The van der Waals surface area contributed by atoms with Gasteiger partial charge in [0.1, 0.15) is 5.00 Å². The van der Waals surface area contributed by atoms with Crippen LogP contribution in [0.15, 0.2) is 30.3 Å². The van der Waals surface area contributed by atoms with Gasteiger partial charge >= 0.3 is 5.97 Å². The molecule has 0 bridgehead atoms. The van der Waals surface area contributed by atoms with Gasteiger partial charge in [-0.3, -0.25) is 9.59 Å². The molecule has 0 spiro atoms. The molecule has 1 amide bonds. The van der Waals surface area contributed by atoms with Crippen LogP contribution < -0.4 is 5.32 Å². The van der Waals surface area contributed by atoms with Crippen molar-refractivity contribution in [1.29, 1.82) is 5.26 Å². The summed E-state index contributed by atoms with van der Waals surface area (Å²) in [6.45, 7) is 3.24. The molecule has 1 aromatic carbocycles. The number of ketones is 1. The Balaban J connectivity index is 2.15. The van der Waals surface area contributed by atoms with Gasteiger partial charge in [0.2, 0.25) is 5.91 Å². The van der Waals surface area contributed by atoms with Gasteiger partial charge < -0.3 is 10.1 Å². The summed E-state index contributed by atoms with van der Waals surface area (Å²) < 4.78 is 5.15. The van der Waals surface area contributed by atoms with Crippen LogP contribution in [-0.2, 0) is 21.4 Å². The fraction of sp³-hybridized carbons (Fsp3) is 0.333. The Labute approximate surface area is 167 Å². The van der Waals surface area contributed by atoms with Gasteiger partial charge in [0.05, 0.1) is 35.0 Å². The van der Waals surface area contributed by atoms with Gasteiger partial charge in [-0.1, -0.05) is 30.3 Å². The van der Waals surface area contributed by atoms with Gasteiger partial charge in [-0.05, 0) is 30.9 Å². The Morgan fingerprint density at radius 1 is 1.32 bits per heavy atom. The molecule has 1 aliphatic rings. The van der Waals surface area contributed by atoms with E-state index in [1.54, 1.807) is 6.92 Å². The lowest BCUT2D eigenvalue weighted by Crippen LogP contribution is -2.39. The third kappa shape index (κ3) is 3.32. The number of anilines is 1. The highest BCUT2D eigenvalue weighted by Gasteiger charge is 2.46. The van der Waals surface area contributed by atoms with Crippen molar-refractivity contribution in [3.05, 3.63) is 51.9 Å². The molecule has 0 saturated heterocycles. The second kappa shape index (κ2) is 7.95. The minimum Gasteiger partial charge on any atom is -0.462 e. The molecule has 1 unspecified atom stereocenters. The fourth-order valence-corrected chi connectivity index (χ4v) is 4.98. The molecule has 0 radical (unpaired) electrons. The number of nitriles is 1. The van der Waals surface area contributed by atoms with E-state index in [1.165, 1.54) is 6.92 Å². The standard InChI is InChI=1S/C21H20N2O4S/c1-3-27-20(26)16-15-9-10-21(11-12-22,14-7-5-4-6-8-14)18(25)17(15)28-19(16)23-13(2)24/h4-8H,3,9-11H2,1-2H3,(H,23,24). The Bertz CT molecular complexity index is 974. The molecule has 3 rings (SSSR count). The van der Waals surface area contributed by atoms with E-state index in [-0.39, 0.29) is 30.3 Å². The largest absolute Gasteiger partial charge is 0.462 e. The fourth-order valence-electron chi connectivity index (χ4n) is 3.66. The number of esters is 1. The van der Waals surface area contributed by atoms with Gasteiger partial charge in [0, 0.05) is 6.92 Å². The van der Waals surface area contributed by atoms with Crippen LogP contribution >= 0.6 is 11.3 Å². The smallest absolute Gasteiger partial charge is 0.341 e. The van der Waals surface area contributed by atoms with Crippen molar-refractivity contribution in [2.24, 2.45) is 0 Å². The zero-order valence-electron chi connectivity index (χ0n) is 15.7. The van der Waals surface area contributed by atoms with Crippen LogP contribution in [0.25, 0.3) is 0 Å². The molecule has 6 nitrogen and oxygen atoms in total. The minimum atomic E-state index is -0.951. The third-order valence-corrected chi connectivity index (χ3v) is 6.07. The van der Waals surface area contributed by atoms with Crippen LogP contribution in [0, 0.1) is 11.3 Å². The number of carbonyl (C=O) groups is 3. The second-order valence-electron chi connectivity index (χ2n) is 6.63. The van der Waals surface area contributed by atoms with E-state index >= 15 is 0 Å². The maximum Gasteiger partial charge on any atom is 0.341 e. The summed E-state index contributed by atoms with van der Waals surface area (Å²) in [7, 11) is 0. The molecular formula is C21H20N2O4S. The molecule has 1 aliphatic carbocycles. The minimum absolute atomic E-state index is 0.0530. The highest BCUT2D eigenvalue weighted by atomic mass is 32.1. The van der Waals surface area contributed by atoms with Crippen LogP contribution in [0.4, 0.5) is 5.00 Å². The number of carbonyl (C=O) groups excluding carboxylic acids is 3. The number of hydrogen-bond acceptors (Lipinski definition) is 6. The number of fused-ring (bicyclic) bond motifs is 1. The number of nitrogens with zero attached hydrogens (tertiary/aromatic N) is 1. The third-order valence-electron chi connectivity index (χ3n) is 4.93. The molecule has 0 aliphatic heterocycles. The van der Waals surface area contributed by atoms with Gasteiger partial charge in [0.25, 0.3) is 0 Å². The second-order valence-corrected chi connectivity index (χ2v) is 7.65. The molecule has 7 heteroatoms. The van der Waals surface area contributed by atoms with Crippen LogP contribution in [0.2, 0.25) is 0 Å². The van der Waals surface area contributed by atoms with E-state index in [2.05, 4.69) is 11.4 Å². The number of rotatable bonds is 5. The first-order valence-corrected chi connectivity index (χ1v) is 9.84. The molecule has 1 heterocycles. The first-order valence-electron chi connectivity index (χ1n) is 9.02. The molecule has 144 valence electrons. The molecule has 0 fully saturated rings. The van der Waals surface area contributed by atoms with Gasteiger partial charge in [0.15, 0.2) is 5.78 Å². The number of hydrogen-bond donors (Lipinski definition) is 1. The number of benzene rings is 1. The van der Waals surface area contributed by atoms with Crippen LogP contribution in [0.3, 0.4) is 0 Å². The van der Waals surface area contributed by atoms with Gasteiger partial charge in [-0.15, -0.1) is 11.3 Å². The van der Waals surface area contributed by atoms with E-state index in [0.29, 0.717) is 28.3 Å². The monoisotopic (exact) mass is 396 g/mol. The first-order chi connectivity index (χ1) is 13.4. The van der Waals surface area contributed by atoms with E-state index in [4.69, 9.17) is 4.74 Å². The quantitative estimate of drug-likeness (QED) is 0.774. The Hall–Kier alpha value is -2.98. The summed E-state index contributed by atoms with van der Waals surface area (Å²) in [6, 6.07) is 11.4.